The number of hydrogen-bond acceptors (Lipinski definition) is 4. The minimum absolute atomic E-state index is 0.126. The molecule has 7 heteroatoms. The maximum atomic E-state index is 13.5. The van der Waals surface area contributed by atoms with Gasteiger partial charge in [0.25, 0.3) is 5.91 Å². The Morgan fingerprint density at radius 1 is 1.09 bits per heavy atom. The topological polar surface area (TPSA) is 71.4 Å². The first kappa shape index (κ1) is 25.2. The molecule has 0 aromatic heterocycles. The summed E-state index contributed by atoms with van der Waals surface area (Å²) in [5.41, 5.74) is 2.15. The normalized spacial score (nSPS) is 10.9. The minimum Gasteiger partial charge on any atom is -0.490 e. The number of rotatable bonds is 10. The van der Waals surface area contributed by atoms with Crippen molar-refractivity contribution in [2.75, 3.05) is 11.9 Å². The van der Waals surface area contributed by atoms with Gasteiger partial charge < -0.3 is 14.8 Å². The Kier molecular flexibility index (Phi) is 8.74. The summed E-state index contributed by atoms with van der Waals surface area (Å²) < 4.78 is 38.4. The SMILES string of the molecule is C=CCc1cc(/C=C(\C#N)C(=O)Nc2ccc(F)cc2)cc(OCC)c1OCc1cccc(F)c1. The number of amides is 1. The van der Waals surface area contributed by atoms with Gasteiger partial charge in [0, 0.05) is 11.3 Å². The number of allylic oxidation sites excluding steroid dienone is 1. The van der Waals surface area contributed by atoms with E-state index in [0.717, 1.165) is 5.56 Å². The smallest absolute Gasteiger partial charge is 0.266 e. The first-order valence-electron chi connectivity index (χ1n) is 10.9. The van der Waals surface area contributed by atoms with Gasteiger partial charge in [-0.15, -0.1) is 6.58 Å². The third-order valence-electron chi connectivity index (χ3n) is 4.87. The van der Waals surface area contributed by atoms with Crippen LogP contribution in [0.1, 0.15) is 23.6 Å². The van der Waals surface area contributed by atoms with Gasteiger partial charge in [-0.3, -0.25) is 4.79 Å². The van der Waals surface area contributed by atoms with Crippen molar-refractivity contribution in [3.8, 4) is 17.6 Å². The summed E-state index contributed by atoms with van der Waals surface area (Å²) in [4.78, 5) is 12.6. The zero-order valence-electron chi connectivity index (χ0n) is 19.2. The third-order valence-corrected chi connectivity index (χ3v) is 4.87. The third kappa shape index (κ3) is 7.02. The molecule has 0 radical (unpaired) electrons. The Morgan fingerprint density at radius 3 is 2.51 bits per heavy atom. The molecule has 0 spiro atoms. The predicted octanol–water partition coefficient (Wildman–Crippen LogP) is 6.22. The van der Waals surface area contributed by atoms with Gasteiger partial charge in [0.2, 0.25) is 0 Å². The van der Waals surface area contributed by atoms with Crippen LogP contribution in [0.5, 0.6) is 11.5 Å². The highest BCUT2D eigenvalue weighted by molar-refractivity contribution is 6.09. The number of benzene rings is 3. The number of nitrogens with zero attached hydrogens (tertiary/aromatic N) is 1. The molecular formula is C28H24F2N2O3. The Hall–Kier alpha value is -4.44. The Morgan fingerprint density at radius 2 is 1.86 bits per heavy atom. The van der Waals surface area contributed by atoms with E-state index in [1.807, 2.05) is 13.0 Å². The highest BCUT2D eigenvalue weighted by atomic mass is 19.1. The van der Waals surface area contributed by atoms with E-state index in [-0.39, 0.29) is 18.0 Å². The molecule has 3 rings (SSSR count). The number of carbonyl (C=O) groups is 1. The van der Waals surface area contributed by atoms with E-state index < -0.39 is 11.7 Å². The van der Waals surface area contributed by atoms with Crippen LogP contribution in [-0.4, -0.2) is 12.5 Å². The largest absolute Gasteiger partial charge is 0.490 e. The van der Waals surface area contributed by atoms with E-state index in [1.165, 1.54) is 42.5 Å². The maximum absolute atomic E-state index is 13.5. The van der Waals surface area contributed by atoms with E-state index in [0.29, 0.717) is 41.3 Å². The van der Waals surface area contributed by atoms with Crippen molar-refractivity contribution >= 4 is 17.7 Å². The van der Waals surface area contributed by atoms with Gasteiger partial charge in [0.15, 0.2) is 11.5 Å². The molecule has 178 valence electrons. The highest BCUT2D eigenvalue weighted by Gasteiger charge is 2.16. The summed E-state index contributed by atoms with van der Waals surface area (Å²) in [5.74, 6) is -0.523. The van der Waals surface area contributed by atoms with Crippen LogP contribution in [0.15, 0.2) is 78.9 Å². The average Bonchev–Trinajstić information content (AvgIpc) is 2.84. The summed E-state index contributed by atoms with van der Waals surface area (Å²) in [6.45, 7) is 6.09. The molecular weight excluding hydrogens is 450 g/mol. The van der Waals surface area contributed by atoms with Gasteiger partial charge in [-0.2, -0.15) is 5.26 Å². The van der Waals surface area contributed by atoms with Crippen molar-refractivity contribution in [3.05, 3.63) is 107 Å². The maximum Gasteiger partial charge on any atom is 0.266 e. The number of halogens is 2. The fourth-order valence-corrected chi connectivity index (χ4v) is 3.33. The molecule has 3 aromatic rings. The van der Waals surface area contributed by atoms with Gasteiger partial charge in [-0.1, -0.05) is 18.2 Å². The molecule has 35 heavy (non-hydrogen) atoms. The van der Waals surface area contributed by atoms with Crippen LogP contribution < -0.4 is 14.8 Å². The molecule has 0 saturated carbocycles. The van der Waals surface area contributed by atoms with Crippen LogP contribution >= 0.6 is 0 Å². The number of nitriles is 1. The van der Waals surface area contributed by atoms with Gasteiger partial charge in [0.05, 0.1) is 6.61 Å². The average molecular weight is 475 g/mol. The van der Waals surface area contributed by atoms with Crippen LogP contribution in [0.25, 0.3) is 6.08 Å². The molecule has 0 aliphatic carbocycles. The van der Waals surface area contributed by atoms with E-state index in [4.69, 9.17) is 9.47 Å². The molecule has 0 aliphatic heterocycles. The van der Waals surface area contributed by atoms with Gasteiger partial charge in [-0.25, -0.2) is 8.78 Å². The minimum atomic E-state index is -0.631. The zero-order chi connectivity index (χ0) is 25.2. The fraction of sp³-hybridized carbons (Fsp3) is 0.143. The molecule has 0 fully saturated rings. The predicted molar refractivity (Wildman–Crippen MR) is 131 cm³/mol. The molecule has 0 heterocycles. The lowest BCUT2D eigenvalue weighted by Gasteiger charge is -2.17. The summed E-state index contributed by atoms with van der Waals surface area (Å²) in [7, 11) is 0. The van der Waals surface area contributed by atoms with Gasteiger partial charge >= 0.3 is 0 Å². The van der Waals surface area contributed by atoms with E-state index >= 15 is 0 Å². The van der Waals surface area contributed by atoms with Crippen molar-refractivity contribution < 1.29 is 23.0 Å². The molecule has 0 atom stereocenters. The van der Waals surface area contributed by atoms with Crippen LogP contribution in [-0.2, 0) is 17.8 Å². The second-order valence-corrected chi connectivity index (χ2v) is 7.48. The lowest BCUT2D eigenvalue weighted by atomic mass is 10.0. The molecule has 0 aliphatic rings. The van der Waals surface area contributed by atoms with Gasteiger partial charge in [0.1, 0.15) is 29.9 Å². The molecule has 5 nitrogen and oxygen atoms in total. The van der Waals surface area contributed by atoms with Crippen molar-refractivity contribution in [2.45, 2.75) is 20.0 Å². The number of anilines is 1. The van der Waals surface area contributed by atoms with Crippen molar-refractivity contribution in [3.63, 3.8) is 0 Å². The van der Waals surface area contributed by atoms with Crippen LogP contribution in [0.3, 0.4) is 0 Å². The summed E-state index contributed by atoms with van der Waals surface area (Å²) in [5, 5.41) is 12.1. The Balaban J connectivity index is 1.92. The van der Waals surface area contributed by atoms with E-state index in [1.54, 1.807) is 30.3 Å². The first-order chi connectivity index (χ1) is 16.9. The van der Waals surface area contributed by atoms with Crippen LogP contribution in [0.4, 0.5) is 14.5 Å². The number of hydrogen-bond donors (Lipinski definition) is 1. The Bertz CT molecular complexity index is 1280. The fourth-order valence-electron chi connectivity index (χ4n) is 3.33. The quantitative estimate of drug-likeness (QED) is 0.215. The van der Waals surface area contributed by atoms with E-state index in [9.17, 15) is 18.8 Å². The number of nitrogens with one attached hydrogen (secondary N) is 1. The number of ether oxygens (including phenoxy) is 2. The lowest BCUT2D eigenvalue weighted by Crippen LogP contribution is -2.13. The molecule has 0 unspecified atom stereocenters. The van der Waals surface area contributed by atoms with Crippen molar-refractivity contribution in [1.29, 1.82) is 5.26 Å². The lowest BCUT2D eigenvalue weighted by molar-refractivity contribution is -0.112. The van der Waals surface area contributed by atoms with Crippen LogP contribution in [0.2, 0.25) is 0 Å². The molecule has 1 amide bonds. The summed E-state index contributed by atoms with van der Waals surface area (Å²) >= 11 is 0. The monoisotopic (exact) mass is 474 g/mol. The second kappa shape index (κ2) is 12.1. The summed E-state index contributed by atoms with van der Waals surface area (Å²) in [6.07, 6.45) is 3.56. The van der Waals surface area contributed by atoms with Gasteiger partial charge in [-0.05, 0) is 79.1 Å². The molecule has 3 aromatic carbocycles. The molecule has 0 bridgehead atoms. The molecule has 1 N–H and O–H groups in total. The Labute approximate surface area is 202 Å². The second-order valence-electron chi connectivity index (χ2n) is 7.48. The summed E-state index contributed by atoms with van der Waals surface area (Å²) in [6, 6.07) is 16.7. The van der Waals surface area contributed by atoms with Crippen molar-refractivity contribution in [1.82, 2.24) is 0 Å². The van der Waals surface area contributed by atoms with Crippen molar-refractivity contribution in [2.24, 2.45) is 0 Å². The van der Waals surface area contributed by atoms with Crippen LogP contribution in [0, 0.1) is 23.0 Å². The number of carbonyl (C=O) groups excluding carboxylic acids is 1. The highest BCUT2D eigenvalue weighted by Crippen LogP contribution is 2.35. The standard InChI is InChI=1S/C28H24F2N2O3/c1-3-6-21-13-20(14-22(17-31)28(33)32-25-11-9-23(29)10-12-25)16-26(34-4-2)27(21)35-18-19-7-5-8-24(30)15-19/h3,5,7-16H,1,4,6,18H2,2H3,(H,32,33)/b22-14+. The molecule has 0 saturated heterocycles. The first-order valence-corrected chi connectivity index (χ1v) is 10.9. The zero-order valence-corrected chi connectivity index (χ0v) is 19.2. The van der Waals surface area contributed by atoms with E-state index in [2.05, 4.69) is 11.9 Å².